The highest BCUT2D eigenvalue weighted by molar-refractivity contribution is 5.84. The number of benzene rings is 1. The molecule has 0 bridgehead atoms. The molecule has 5 heteroatoms. The molecule has 1 rings (SSSR count). The Balaban J connectivity index is 3.41. The molecule has 0 spiro atoms. The van der Waals surface area contributed by atoms with E-state index in [1.165, 1.54) is 0 Å². The predicted molar refractivity (Wildman–Crippen MR) is 106 cm³/mol. The van der Waals surface area contributed by atoms with Crippen LogP contribution in [0.4, 0.5) is 0 Å². The molecule has 0 heterocycles. The van der Waals surface area contributed by atoms with Gasteiger partial charge in [0.1, 0.15) is 11.5 Å². The lowest BCUT2D eigenvalue weighted by Gasteiger charge is -2.21. The van der Waals surface area contributed by atoms with Crippen LogP contribution in [0.3, 0.4) is 0 Å². The van der Waals surface area contributed by atoms with E-state index in [4.69, 9.17) is 14.2 Å². The van der Waals surface area contributed by atoms with Crippen molar-refractivity contribution >= 4 is 11.9 Å². The van der Waals surface area contributed by atoms with Crippen LogP contribution < -0.4 is 9.47 Å². The van der Waals surface area contributed by atoms with Crippen LogP contribution in [0, 0.1) is 0 Å². The van der Waals surface area contributed by atoms with Crippen molar-refractivity contribution < 1.29 is 23.8 Å². The van der Waals surface area contributed by atoms with Crippen LogP contribution in [0.2, 0.25) is 0 Å². The van der Waals surface area contributed by atoms with Gasteiger partial charge < -0.3 is 14.2 Å². The zero-order chi connectivity index (χ0) is 20.6. The third kappa shape index (κ3) is 6.98. The fraction of sp³-hybridized carbons (Fsp3) is 0.273. The minimum Gasteiger partial charge on any atom is -0.455 e. The van der Waals surface area contributed by atoms with Crippen LogP contribution >= 0.6 is 0 Å². The third-order valence-corrected chi connectivity index (χ3v) is 3.38. The second-order valence-corrected chi connectivity index (χ2v) is 6.25. The molecule has 0 amide bonds. The van der Waals surface area contributed by atoms with Gasteiger partial charge in [-0.25, -0.2) is 9.59 Å². The largest absolute Gasteiger partial charge is 0.455 e. The van der Waals surface area contributed by atoms with Crippen LogP contribution in [0.5, 0.6) is 11.5 Å². The number of ether oxygens (including phenoxy) is 3. The third-order valence-electron chi connectivity index (χ3n) is 3.38. The molecule has 1 atom stereocenters. The van der Waals surface area contributed by atoms with Gasteiger partial charge in [0.25, 0.3) is 0 Å². The van der Waals surface area contributed by atoms with E-state index in [2.05, 4.69) is 26.3 Å². The van der Waals surface area contributed by atoms with Crippen molar-refractivity contribution in [1.82, 2.24) is 0 Å². The maximum Gasteiger partial charge on any atom is 0.335 e. The molecule has 0 N–H and O–H groups in total. The molecule has 1 aromatic carbocycles. The van der Waals surface area contributed by atoms with Gasteiger partial charge in [0.2, 0.25) is 6.29 Å². The molecule has 1 unspecified atom stereocenters. The fourth-order valence-electron chi connectivity index (χ4n) is 2.39. The Bertz CT molecular complexity index is 773. The molecule has 0 aliphatic rings. The number of carbonyl (C=O) groups is 2. The molecule has 0 saturated carbocycles. The van der Waals surface area contributed by atoms with E-state index in [1.54, 1.807) is 19.1 Å². The van der Waals surface area contributed by atoms with Crippen LogP contribution in [-0.4, -0.2) is 18.2 Å². The lowest BCUT2D eigenvalue weighted by atomic mass is 9.98. The minimum atomic E-state index is -0.852. The second kappa shape index (κ2) is 10.2. The van der Waals surface area contributed by atoms with Gasteiger partial charge in [-0.15, -0.1) is 0 Å². The summed E-state index contributed by atoms with van der Waals surface area (Å²) in [5.41, 5.74) is 3.18. The van der Waals surface area contributed by atoms with E-state index in [0.29, 0.717) is 29.9 Å². The van der Waals surface area contributed by atoms with Crippen molar-refractivity contribution in [3.63, 3.8) is 0 Å². The summed E-state index contributed by atoms with van der Waals surface area (Å²) in [4.78, 5) is 23.2. The van der Waals surface area contributed by atoms with Gasteiger partial charge in [-0.2, -0.15) is 0 Å². The monoisotopic (exact) mass is 370 g/mol. The molecular weight excluding hydrogens is 344 g/mol. The van der Waals surface area contributed by atoms with Gasteiger partial charge >= 0.3 is 11.9 Å². The van der Waals surface area contributed by atoms with E-state index in [9.17, 15) is 9.59 Å². The summed E-state index contributed by atoms with van der Waals surface area (Å²) in [7, 11) is 0. The van der Waals surface area contributed by atoms with Crippen molar-refractivity contribution in [2.75, 3.05) is 0 Å². The van der Waals surface area contributed by atoms with E-state index in [0.717, 1.165) is 28.9 Å². The minimum absolute atomic E-state index is 0.380. The summed E-state index contributed by atoms with van der Waals surface area (Å²) in [5, 5.41) is 0. The van der Waals surface area contributed by atoms with Crippen LogP contribution in [0.25, 0.3) is 0 Å². The second-order valence-electron chi connectivity index (χ2n) is 6.25. The van der Waals surface area contributed by atoms with E-state index < -0.39 is 18.2 Å². The number of esters is 2. The van der Waals surface area contributed by atoms with Gasteiger partial charge in [0.15, 0.2) is 0 Å². The highest BCUT2D eigenvalue weighted by Crippen LogP contribution is 2.36. The van der Waals surface area contributed by atoms with Crippen LogP contribution in [-0.2, 0) is 27.2 Å². The van der Waals surface area contributed by atoms with E-state index in [1.807, 2.05) is 13.8 Å². The number of carbonyl (C=O) groups excluding carboxylic acids is 2. The Labute approximate surface area is 160 Å². The quantitative estimate of drug-likeness (QED) is 0.200. The summed E-state index contributed by atoms with van der Waals surface area (Å²) >= 11 is 0. The lowest BCUT2D eigenvalue weighted by Crippen LogP contribution is -2.20. The van der Waals surface area contributed by atoms with Gasteiger partial charge in [0.05, 0.1) is 0 Å². The maximum atomic E-state index is 11.9. The van der Waals surface area contributed by atoms with Crippen molar-refractivity contribution in [3.8, 4) is 11.5 Å². The normalized spacial score (nSPS) is 11.1. The van der Waals surface area contributed by atoms with Crippen molar-refractivity contribution in [2.24, 2.45) is 0 Å². The molecule has 1 aromatic rings. The van der Waals surface area contributed by atoms with Crippen molar-refractivity contribution in [2.45, 2.75) is 39.9 Å². The topological polar surface area (TPSA) is 61.8 Å². The van der Waals surface area contributed by atoms with Crippen LogP contribution in [0.15, 0.2) is 61.7 Å². The predicted octanol–water partition coefficient (Wildman–Crippen LogP) is 4.47. The van der Waals surface area contributed by atoms with Crippen LogP contribution in [0.1, 0.15) is 31.9 Å². The molecule has 5 nitrogen and oxygen atoms in total. The van der Waals surface area contributed by atoms with Crippen molar-refractivity contribution in [1.29, 1.82) is 0 Å². The van der Waals surface area contributed by atoms with Gasteiger partial charge in [-0.1, -0.05) is 43.5 Å². The van der Waals surface area contributed by atoms with Gasteiger partial charge in [0, 0.05) is 31.1 Å². The first-order valence-electron chi connectivity index (χ1n) is 8.45. The molecule has 0 fully saturated rings. The average molecular weight is 370 g/mol. The summed E-state index contributed by atoms with van der Waals surface area (Å²) in [6.07, 6.45) is 2.25. The number of allylic oxidation sites excluding steroid dienone is 2. The van der Waals surface area contributed by atoms with E-state index >= 15 is 0 Å². The fourth-order valence-corrected chi connectivity index (χ4v) is 2.39. The summed E-state index contributed by atoms with van der Waals surface area (Å²) < 4.78 is 16.3. The molecular formula is C22H26O5. The number of hydrogen-bond donors (Lipinski definition) is 0. The lowest BCUT2D eigenvalue weighted by molar-refractivity contribution is -0.155. The number of rotatable bonds is 10. The molecule has 0 aromatic heterocycles. The van der Waals surface area contributed by atoms with Gasteiger partial charge in [-0.3, -0.25) is 0 Å². The Morgan fingerprint density at radius 2 is 1.63 bits per heavy atom. The first-order chi connectivity index (χ1) is 12.7. The first-order valence-corrected chi connectivity index (χ1v) is 8.45. The molecule has 27 heavy (non-hydrogen) atoms. The Morgan fingerprint density at radius 3 is 2.15 bits per heavy atom. The zero-order valence-electron chi connectivity index (χ0n) is 16.2. The average Bonchev–Trinajstić information content (AvgIpc) is 2.58. The zero-order valence-corrected chi connectivity index (χ0v) is 16.2. The smallest absolute Gasteiger partial charge is 0.335 e. The van der Waals surface area contributed by atoms with Gasteiger partial charge in [-0.05, 0) is 31.9 Å². The molecule has 0 aliphatic heterocycles. The highest BCUT2D eigenvalue weighted by Gasteiger charge is 2.20. The highest BCUT2D eigenvalue weighted by atomic mass is 16.7. The molecule has 0 saturated heterocycles. The van der Waals surface area contributed by atoms with Crippen molar-refractivity contribution in [3.05, 3.63) is 72.9 Å². The SMILES string of the molecule is C=CC(=O)Oc1c(CC(=C)C)ccc(OC(C)OC(=O)C=C)c1CC(=C)C. The Kier molecular flexibility index (Phi) is 8.27. The Morgan fingerprint density at radius 1 is 1.04 bits per heavy atom. The van der Waals surface area contributed by atoms with E-state index in [-0.39, 0.29) is 0 Å². The summed E-state index contributed by atoms with van der Waals surface area (Å²) in [6, 6.07) is 3.54. The molecule has 0 radical (unpaired) electrons. The maximum absolute atomic E-state index is 11.9. The molecule has 144 valence electrons. The molecule has 0 aliphatic carbocycles. The standard InChI is InChI=1S/C22H26O5/c1-8-20(23)26-16(7)25-19-11-10-17(12-14(3)4)22(27-21(24)9-2)18(19)13-15(5)6/h8-11,16H,1-3,5,12-13H2,4,6-7H3. The summed E-state index contributed by atoms with van der Waals surface area (Å²) in [5.74, 6) is -0.365. The first kappa shape index (κ1) is 22.0. The Hall–Kier alpha value is -3.08. The number of hydrogen-bond acceptors (Lipinski definition) is 5. The summed E-state index contributed by atoms with van der Waals surface area (Å²) in [6.45, 7) is 20.0.